The highest BCUT2D eigenvalue weighted by Gasteiger charge is 2.35. The Morgan fingerprint density at radius 3 is 1.57 bits per heavy atom. The van der Waals surface area contributed by atoms with Crippen LogP contribution in [-0.4, -0.2) is 19.5 Å². The summed E-state index contributed by atoms with van der Waals surface area (Å²) in [5.74, 6) is 1.86. The molecule has 4 heteroatoms. The summed E-state index contributed by atoms with van der Waals surface area (Å²) in [6, 6.07) is 69.1. The molecular weight excluding hydrogens is 705 g/mol. The van der Waals surface area contributed by atoms with E-state index in [-0.39, 0.29) is 5.41 Å². The zero-order chi connectivity index (χ0) is 38.8. The molecule has 1 aliphatic rings. The van der Waals surface area contributed by atoms with Crippen molar-refractivity contribution in [1.29, 1.82) is 0 Å². The van der Waals surface area contributed by atoms with Crippen LogP contribution in [0.15, 0.2) is 194 Å². The molecule has 2 aromatic heterocycles. The molecule has 0 fully saturated rings. The molecule has 4 nitrogen and oxygen atoms in total. The Bertz CT molecular complexity index is 3160. The van der Waals surface area contributed by atoms with E-state index in [1.54, 1.807) is 0 Å². The van der Waals surface area contributed by atoms with E-state index < -0.39 is 0 Å². The van der Waals surface area contributed by atoms with E-state index in [9.17, 15) is 0 Å². The van der Waals surface area contributed by atoms with E-state index in [4.69, 9.17) is 15.0 Å². The van der Waals surface area contributed by atoms with Gasteiger partial charge in [-0.25, -0.2) is 4.98 Å². The topological polar surface area (TPSA) is 43.6 Å². The second-order valence-electron chi connectivity index (χ2n) is 15.7. The van der Waals surface area contributed by atoms with E-state index >= 15 is 0 Å². The molecule has 2 heterocycles. The maximum atomic E-state index is 5.35. The first kappa shape index (κ1) is 33.9. The van der Waals surface area contributed by atoms with Gasteiger partial charge in [0.05, 0.1) is 11.0 Å². The molecule has 0 saturated carbocycles. The van der Waals surface area contributed by atoms with Crippen LogP contribution in [0.3, 0.4) is 0 Å². The van der Waals surface area contributed by atoms with Crippen molar-refractivity contribution in [1.82, 2.24) is 19.5 Å². The van der Waals surface area contributed by atoms with Gasteiger partial charge in [-0.1, -0.05) is 196 Å². The van der Waals surface area contributed by atoms with Crippen molar-refractivity contribution in [3.63, 3.8) is 0 Å². The Balaban J connectivity index is 1.07. The monoisotopic (exact) mass is 742 g/mol. The first-order valence-electron chi connectivity index (χ1n) is 19.9. The largest absolute Gasteiger partial charge is 0.277 e. The van der Waals surface area contributed by atoms with Crippen molar-refractivity contribution in [2.75, 3.05) is 0 Å². The number of fused-ring (bicyclic) bond motifs is 6. The minimum atomic E-state index is -0.150. The molecule has 0 amide bonds. The van der Waals surface area contributed by atoms with E-state index in [1.165, 1.54) is 44.5 Å². The number of nitrogens with zero attached hydrogens (tertiary/aromatic N) is 4. The number of aromatic nitrogens is 4. The Morgan fingerprint density at radius 2 is 0.862 bits per heavy atom. The van der Waals surface area contributed by atoms with Crippen molar-refractivity contribution in [2.45, 2.75) is 19.3 Å². The van der Waals surface area contributed by atoms with Gasteiger partial charge in [-0.15, -0.1) is 0 Å². The molecule has 0 bridgehead atoms. The fourth-order valence-electron chi connectivity index (χ4n) is 8.94. The van der Waals surface area contributed by atoms with Gasteiger partial charge >= 0.3 is 0 Å². The van der Waals surface area contributed by atoms with E-state index in [2.05, 4.69) is 194 Å². The number of rotatable bonds is 6. The Labute approximate surface area is 337 Å². The second kappa shape index (κ2) is 13.4. The van der Waals surface area contributed by atoms with E-state index in [0.717, 1.165) is 44.1 Å². The second-order valence-corrected chi connectivity index (χ2v) is 15.7. The third-order valence-electron chi connectivity index (χ3n) is 11.9. The van der Waals surface area contributed by atoms with Crippen LogP contribution >= 0.6 is 0 Å². The number of hydrogen-bond donors (Lipinski definition) is 0. The van der Waals surface area contributed by atoms with Crippen molar-refractivity contribution in [2.24, 2.45) is 0 Å². The zero-order valence-corrected chi connectivity index (χ0v) is 32.3. The van der Waals surface area contributed by atoms with Gasteiger partial charge in [0.2, 0.25) is 5.95 Å². The lowest BCUT2D eigenvalue weighted by Gasteiger charge is -2.21. The van der Waals surface area contributed by atoms with Crippen LogP contribution < -0.4 is 0 Å². The van der Waals surface area contributed by atoms with Gasteiger partial charge < -0.3 is 0 Å². The van der Waals surface area contributed by atoms with Gasteiger partial charge in [0.15, 0.2) is 11.6 Å². The summed E-state index contributed by atoms with van der Waals surface area (Å²) in [7, 11) is 0. The standard InChI is InChI=1S/C54H38N4/c1-54(2)47-22-11-9-18-43(47)44-33-32-41(34-48(44)54)52-55-51(40-16-7-4-8-17-40)56-53(57-52)58-49-23-12-10-19-45(49)46-21-13-20-42(50(46)58)39-30-28-38(29-31-39)37-26-24-36(25-27-37)35-14-5-3-6-15-35/h3-34H,1-2H3. The molecule has 0 atom stereocenters. The maximum Gasteiger partial charge on any atom is 0.238 e. The molecule has 0 N–H and O–H groups in total. The number of hydrogen-bond acceptors (Lipinski definition) is 3. The maximum absolute atomic E-state index is 5.35. The highest BCUT2D eigenvalue weighted by Crippen LogP contribution is 2.49. The molecule has 0 aliphatic heterocycles. The van der Waals surface area contributed by atoms with E-state index in [0.29, 0.717) is 17.6 Å². The normalized spacial score (nSPS) is 12.8. The molecule has 11 rings (SSSR count). The fourth-order valence-corrected chi connectivity index (χ4v) is 8.94. The SMILES string of the molecule is CC1(C)c2ccccc2-c2ccc(-c3nc(-c4ccccc4)nc(-n4c5ccccc5c5cccc(-c6ccc(-c7ccc(-c8ccccc8)cc7)cc6)c54)n3)cc21. The molecule has 58 heavy (non-hydrogen) atoms. The molecular formula is C54H38N4. The van der Waals surface area contributed by atoms with Gasteiger partial charge in [-0.2, -0.15) is 9.97 Å². The first-order chi connectivity index (χ1) is 28.5. The van der Waals surface area contributed by atoms with Crippen LogP contribution in [0.4, 0.5) is 0 Å². The lowest BCUT2D eigenvalue weighted by Crippen LogP contribution is -2.15. The summed E-state index contributed by atoms with van der Waals surface area (Å²) in [5, 5.41) is 2.30. The molecule has 0 unspecified atom stereocenters. The third kappa shape index (κ3) is 5.48. The van der Waals surface area contributed by atoms with E-state index in [1.807, 2.05) is 18.2 Å². The van der Waals surface area contributed by atoms with Crippen LogP contribution in [0.1, 0.15) is 25.0 Å². The highest BCUT2D eigenvalue weighted by atomic mass is 15.2. The first-order valence-corrected chi connectivity index (χ1v) is 19.9. The molecule has 8 aromatic carbocycles. The smallest absolute Gasteiger partial charge is 0.238 e. The average molecular weight is 743 g/mol. The molecule has 0 radical (unpaired) electrons. The fraction of sp³-hybridized carbons (Fsp3) is 0.0556. The van der Waals surface area contributed by atoms with Crippen molar-refractivity contribution in [3.05, 3.63) is 205 Å². The summed E-state index contributed by atoms with van der Waals surface area (Å²) < 4.78 is 2.24. The van der Waals surface area contributed by atoms with Crippen LogP contribution in [-0.2, 0) is 5.41 Å². The number of para-hydroxylation sites is 2. The predicted octanol–water partition coefficient (Wildman–Crippen LogP) is 13.6. The van der Waals surface area contributed by atoms with Crippen molar-refractivity contribution < 1.29 is 0 Å². The van der Waals surface area contributed by atoms with Gasteiger partial charge in [-0.05, 0) is 62.2 Å². The summed E-state index contributed by atoms with van der Waals surface area (Å²) in [4.78, 5) is 15.8. The lowest BCUT2D eigenvalue weighted by molar-refractivity contribution is 0.660. The Hall–Kier alpha value is -7.43. The minimum absolute atomic E-state index is 0.150. The summed E-state index contributed by atoms with van der Waals surface area (Å²) in [6.07, 6.45) is 0. The Morgan fingerprint density at radius 1 is 0.362 bits per heavy atom. The van der Waals surface area contributed by atoms with Gasteiger partial charge in [0, 0.05) is 32.9 Å². The van der Waals surface area contributed by atoms with Gasteiger partial charge in [0.1, 0.15) is 0 Å². The molecule has 10 aromatic rings. The molecule has 0 spiro atoms. The van der Waals surface area contributed by atoms with Crippen LogP contribution in [0.25, 0.3) is 95.0 Å². The highest BCUT2D eigenvalue weighted by molar-refractivity contribution is 6.13. The third-order valence-corrected chi connectivity index (χ3v) is 11.9. The van der Waals surface area contributed by atoms with Crippen LogP contribution in [0.5, 0.6) is 0 Å². The summed E-state index contributed by atoms with van der Waals surface area (Å²) >= 11 is 0. The summed E-state index contributed by atoms with van der Waals surface area (Å²) in [5.41, 5.74) is 16.1. The number of benzene rings is 8. The van der Waals surface area contributed by atoms with Crippen molar-refractivity contribution >= 4 is 21.8 Å². The zero-order valence-electron chi connectivity index (χ0n) is 32.3. The minimum Gasteiger partial charge on any atom is -0.277 e. The van der Waals surface area contributed by atoms with Crippen LogP contribution in [0, 0.1) is 0 Å². The molecule has 274 valence electrons. The average Bonchev–Trinajstić information content (AvgIpc) is 3.75. The quantitative estimate of drug-likeness (QED) is 0.170. The molecule has 1 aliphatic carbocycles. The lowest BCUT2D eigenvalue weighted by atomic mass is 9.82. The predicted molar refractivity (Wildman–Crippen MR) is 239 cm³/mol. The molecule has 0 saturated heterocycles. The van der Waals surface area contributed by atoms with Gasteiger partial charge in [0.25, 0.3) is 0 Å². The van der Waals surface area contributed by atoms with Crippen LogP contribution in [0.2, 0.25) is 0 Å². The summed E-state index contributed by atoms with van der Waals surface area (Å²) in [6.45, 7) is 4.62. The van der Waals surface area contributed by atoms with Gasteiger partial charge in [-0.3, -0.25) is 4.57 Å². The van der Waals surface area contributed by atoms with Crippen molar-refractivity contribution in [3.8, 4) is 73.2 Å². The Kier molecular flexibility index (Phi) is 7.80.